The van der Waals surface area contributed by atoms with Gasteiger partial charge in [-0.3, -0.25) is 9.59 Å². The first-order chi connectivity index (χ1) is 9.02. The molecule has 0 saturated carbocycles. The minimum absolute atomic E-state index is 0.0761. The van der Waals surface area contributed by atoms with Gasteiger partial charge in [0.15, 0.2) is 0 Å². The number of anilines is 1. The fourth-order valence-electron chi connectivity index (χ4n) is 1.63. The average molecular weight is 265 g/mol. The number of carbonyl (C=O) groups is 2. The average Bonchev–Trinajstić information content (AvgIpc) is 2.37. The van der Waals surface area contributed by atoms with Crippen molar-refractivity contribution in [1.82, 2.24) is 0 Å². The maximum absolute atomic E-state index is 11.7. The normalized spacial score (nSPS) is 11.9. The van der Waals surface area contributed by atoms with Gasteiger partial charge in [0.1, 0.15) is 6.10 Å². The highest BCUT2D eigenvalue weighted by atomic mass is 16.5. The molecule has 0 heterocycles. The molecule has 0 saturated heterocycles. The van der Waals surface area contributed by atoms with Gasteiger partial charge in [0.25, 0.3) is 5.91 Å². The van der Waals surface area contributed by atoms with E-state index in [2.05, 4.69) is 5.32 Å². The number of carboxylic acids is 1. The van der Waals surface area contributed by atoms with E-state index in [9.17, 15) is 9.59 Å². The summed E-state index contributed by atoms with van der Waals surface area (Å²) in [6.45, 7) is 4.00. The monoisotopic (exact) mass is 265 g/mol. The van der Waals surface area contributed by atoms with Crippen molar-refractivity contribution >= 4 is 17.6 Å². The third-order valence-corrected chi connectivity index (χ3v) is 2.61. The molecule has 5 nitrogen and oxygen atoms in total. The van der Waals surface area contributed by atoms with Gasteiger partial charge in [-0.15, -0.1) is 0 Å². The molecular weight excluding hydrogens is 246 g/mol. The van der Waals surface area contributed by atoms with E-state index in [0.29, 0.717) is 18.7 Å². The van der Waals surface area contributed by atoms with Crippen LogP contribution >= 0.6 is 0 Å². The highest BCUT2D eigenvalue weighted by Crippen LogP contribution is 2.13. The summed E-state index contributed by atoms with van der Waals surface area (Å²) in [6, 6.07) is 7.17. The van der Waals surface area contributed by atoms with E-state index in [4.69, 9.17) is 9.84 Å². The highest BCUT2D eigenvalue weighted by Gasteiger charge is 2.12. The van der Waals surface area contributed by atoms with Crippen molar-refractivity contribution in [3.05, 3.63) is 29.8 Å². The third kappa shape index (κ3) is 5.52. The van der Waals surface area contributed by atoms with Crippen LogP contribution in [0.15, 0.2) is 24.3 Å². The quantitative estimate of drug-likeness (QED) is 0.791. The Hall–Kier alpha value is -1.88. The first-order valence-electron chi connectivity index (χ1n) is 6.26. The van der Waals surface area contributed by atoms with Crippen molar-refractivity contribution in [1.29, 1.82) is 0 Å². The first kappa shape index (κ1) is 15.2. The van der Waals surface area contributed by atoms with Gasteiger partial charge in [-0.2, -0.15) is 0 Å². The number of benzene rings is 1. The zero-order valence-corrected chi connectivity index (χ0v) is 11.2. The smallest absolute Gasteiger partial charge is 0.303 e. The number of amides is 1. The Kier molecular flexibility index (Phi) is 6.02. The third-order valence-electron chi connectivity index (χ3n) is 2.61. The minimum atomic E-state index is -0.834. The van der Waals surface area contributed by atoms with Crippen LogP contribution in [-0.2, 0) is 20.7 Å². The maximum atomic E-state index is 11.7. The zero-order valence-electron chi connectivity index (χ0n) is 11.2. The molecule has 2 N–H and O–H groups in total. The van der Waals surface area contributed by atoms with Crippen LogP contribution in [0.4, 0.5) is 5.69 Å². The molecule has 1 aromatic carbocycles. The Bertz CT molecular complexity index is 445. The number of nitrogens with one attached hydrogen (secondary N) is 1. The topological polar surface area (TPSA) is 75.6 Å². The molecule has 0 radical (unpaired) electrons. The number of ether oxygens (including phenoxy) is 1. The van der Waals surface area contributed by atoms with Crippen LogP contribution in [0.25, 0.3) is 0 Å². The molecule has 104 valence electrons. The van der Waals surface area contributed by atoms with Gasteiger partial charge in [-0.25, -0.2) is 0 Å². The summed E-state index contributed by atoms with van der Waals surface area (Å²) >= 11 is 0. The van der Waals surface area contributed by atoms with Gasteiger partial charge in [-0.1, -0.05) is 12.1 Å². The van der Waals surface area contributed by atoms with E-state index in [1.807, 2.05) is 13.0 Å². The molecule has 0 fully saturated rings. The number of hydrogen-bond acceptors (Lipinski definition) is 3. The van der Waals surface area contributed by atoms with Gasteiger partial charge in [0, 0.05) is 18.7 Å². The molecule has 19 heavy (non-hydrogen) atoms. The molecule has 1 rings (SSSR count). The Morgan fingerprint density at radius 1 is 1.42 bits per heavy atom. The molecule has 1 unspecified atom stereocenters. The van der Waals surface area contributed by atoms with Gasteiger partial charge in [0.2, 0.25) is 0 Å². The molecule has 0 aliphatic heterocycles. The second-order valence-electron chi connectivity index (χ2n) is 4.18. The lowest BCUT2D eigenvalue weighted by molar-refractivity contribution is -0.137. The van der Waals surface area contributed by atoms with Crippen LogP contribution in [0.5, 0.6) is 0 Å². The second-order valence-corrected chi connectivity index (χ2v) is 4.18. The van der Waals surface area contributed by atoms with E-state index < -0.39 is 12.1 Å². The first-order valence-corrected chi connectivity index (χ1v) is 6.26. The predicted molar refractivity (Wildman–Crippen MR) is 72.1 cm³/mol. The number of aryl methyl sites for hydroxylation is 1. The van der Waals surface area contributed by atoms with Crippen molar-refractivity contribution < 1.29 is 19.4 Å². The van der Waals surface area contributed by atoms with E-state index >= 15 is 0 Å². The van der Waals surface area contributed by atoms with Crippen molar-refractivity contribution in [2.24, 2.45) is 0 Å². The number of carboxylic acid groups (broad SMARTS) is 1. The summed E-state index contributed by atoms with van der Waals surface area (Å²) in [6.07, 6.45) is 0.0139. The van der Waals surface area contributed by atoms with E-state index in [1.165, 1.54) is 0 Å². The maximum Gasteiger partial charge on any atom is 0.303 e. The number of aliphatic carboxylic acids is 1. The Morgan fingerprint density at radius 3 is 2.79 bits per heavy atom. The molecule has 1 atom stereocenters. The summed E-state index contributed by atoms with van der Waals surface area (Å²) in [7, 11) is 0. The molecule has 1 amide bonds. The Labute approximate surface area is 112 Å². The predicted octanol–water partition coefficient (Wildman–Crippen LogP) is 2.07. The summed E-state index contributed by atoms with van der Waals surface area (Å²) in [5, 5.41) is 11.4. The molecule has 1 aromatic rings. The van der Waals surface area contributed by atoms with Crippen molar-refractivity contribution in [2.75, 3.05) is 11.9 Å². The van der Waals surface area contributed by atoms with E-state index in [0.717, 1.165) is 5.56 Å². The molecule has 0 bridgehead atoms. The van der Waals surface area contributed by atoms with Crippen LogP contribution in [-0.4, -0.2) is 29.7 Å². The summed E-state index contributed by atoms with van der Waals surface area (Å²) in [5.74, 6) is -1.04. The van der Waals surface area contributed by atoms with Gasteiger partial charge < -0.3 is 15.2 Å². The standard InChI is InChI=1S/C14H19NO4/c1-3-19-10(2)14(18)15-12-6-4-5-11(9-12)7-8-13(16)17/h4-6,9-10H,3,7-8H2,1-2H3,(H,15,18)(H,16,17). The van der Waals surface area contributed by atoms with Crippen molar-refractivity contribution in [3.63, 3.8) is 0 Å². The van der Waals surface area contributed by atoms with Crippen LogP contribution < -0.4 is 5.32 Å². The molecular formula is C14H19NO4. The fourth-order valence-corrected chi connectivity index (χ4v) is 1.63. The minimum Gasteiger partial charge on any atom is -0.481 e. The summed E-state index contributed by atoms with van der Waals surface area (Å²) in [4.78, 5) is 22.3. The lowest BCUT2D eigenvalue weighted by Gasteiger charge is -2.12. The van der Waals surface area contributed by atoms with Crippen LogP contribution in [0.3, 0.4) is 0 Å². The van der Waals surface area contributed by atoms with E-state index in [1.54, 1.807) is 25.1 Å². The lowest BCUT2D eigenvalue weighted by atomic mass is 10.1. The Morgan fingerprint density at radius 2 is 2.16 bits per heavy atom. The molecule has 5 heteroatoms. The van der Waals surface area contributed by atoms with E-state index in [-0.39, 0.29) is 12.3 Å². The zero-order chi connectivity index (χ0) is 14.3. The summed E-state index contributed by atoms with van der Waals surface area (Å²) < 4.78 is 5.20. The van der Waals surface area contributed by atoms with Crippen molar-refractivity contribution in [2.45, 2.75) is 32.8 Å². The second kappa shape index (κ2) is 7.53. The van der Waals surface area contributed by atoms with Crippen molar-refractivity contribution in [3.8, 4) is 0 Å². The number of carbonyl (C=O) groups excluding carboxylic acids is 1. The highest BCUT2D eigenvalue weighted by molar-refractivity contribution is 5.93. The lowest BCUT2D eigenvalue weighted by Crippen LogP contribution is -2.27. The molecule has 0 aliphatic rings. The fraction of sp³-hybridized carbons (Fsp3) is 0.429. The van der Waals surface area contributed by atoms with Gasteiger partial charge >= 0.3 is 5.97 Å². The van der Waals surface area contributed by atoms with Crippen LogP contribution in [0.1, 0.15) is 25.8 Å². The molecule has 0 aliphatic carbocycles. The van der Waals surface area contributed by atoms with Crippen LogP contribution in [0.2, 0.25) is 0 Å². The van der Waals surface area contributed by atoms with Gasteiger partial charge in [-0.05, 0) is 38.0 Å². The number of rotatable bonds is 7. The molecule has 0 aromatic heterocycles. The number of hydrogen-bond donors (Lipinski definition) is 2. The van der Waals surface area contributed by atoms with Gasteiger partial charge in [0.05, 0.1) is 0 Å². The SMILES string of the molecule is CCOC(C)C(=O)Nc1cccc(CCC(=O)O)c1. The Balaban J connectivity index is 2.61. The van der Waals surface area contributed by atoms with Crippen LogP contribution in [0, 0.1) is 0 Å². The molecule has 0 spiro atoms. The largest absolute Gasteiger partial charge is 0.481 e. The summed E-state index contributed by atoms with van der Waals surface area (Å²) in [5.41, 5.74) is 1.53.